The lowest BCUT2D eigenvalue weighted by molar-refractivity contribution is -0.147. The van der Waals surface area contributed by atoms with Crippen LogP contribution in [0.5, 0.6) is 11.5 Å². The highest BCUT2D eigenvalue weighted by atomic mass is 79.9. The van der Waals surface area contributed by atoms with E-state index in [1.54, 1.807) is 58.2 Å². The number of hydrogen-bond donors (Lipinski definition) is 4. The Morgan fingerprint density at radius 3 is 2.33 bits per heavy atom. The molecule has 0 spiro atoms. The maximum absolute atomic E-state index is 15.0. The molecule has 324 valence electrons. The number of nitrogens with one attached hydrogen (secondary N) is 3. The Morgan fingerprint density at radius 1 is 1.07 bits per heavy atom. The number of methoxy groups -OCH3 is 1. The molecule has 60 heavy (non-hydrogen) atoms. The fourth-order valence-corrected chi connectivity index (χ4v) is 9.43. The van der Waals surface area contributed by atoms with Gasteiger partial charge in [0.15, 0.2) is 5.13 Å². The van der Waals surface area contributed by atoms with E-state index in [4.69, 9.17) is 19.2 Å². The molecule has 5 atom stereocenters. The van der Waals surface area contributed by atoms with Gasteiger partial charge in [0, 0.05) is 34.1 Å². The number of aliphatic carboxylic acids is 1. The first-order chi connectivity index (χ1) is 28.1. The van der Waals surface area contributed by atoms with E-state index in [9.17, 15) is 29.1 Å². The van der Waals surface area contributed by atoms with E-state index in [1.165, 1.54) is 23.3 Å². The number of pyridine rings is 1. The summed E-state index contributed by atoms with van der Waals surface area (Å²) in [6.45, 7) is 18.2. The number of thiazole rings is 1. The lowest BCUT2D eigenvalue weighted by Crippen LogP contribution is -2.61. The van der Waals surface area contributed by atoms with Gasteiger partial charge in [0.1, 0.15) is 47.0 Å². The zero-order chi connectivity index (χ0) is 44.1. The third kappa shape index (κ3) is 8.83. The number of carbonyl (C=O) groups is 5. The van der Waals surface area contributed by atoms with Crippen LogP contribution in [-0.2, 0) is 23.9 Å². The number of carbonyl (C=O) groups excluding carboxylic acids is 4. The average molecular weight is 912 g/mol. The number of rotatable bonds is 13. The van der Waals surface area contributed by atoms with Crippen LogP contribution in [0.15, 0.2) is 40.2 Å². The van der Waals surface area contributed by atoms with Crippen LogP contribution in [-0.4, -0.2) is 93.2 Å². The quantitative estimate of drug-likeness (QED) is 0.125. The first-order valence-electron chi connectivity index (χ1n) is 20.2. The van der Waals surface area contributed by atoms with Gasteiger partial charge in [0.05, 0.1) is 29.3 Å². The standard InChI is InChI=1S/C43H55BrN6O9S/c1-21(2)25-18-43(25,38(54)55)49-36(52)34-42(8,9)30(19-50(34)37(53)33(41(5,6)7)47-40(56)58-23-13-11-12-14-23)59-29-17-26(27-20-60-39(46-27)48-35(51)22(3)4)45-32-24(29)15-16-28(57-10)31(32)44/h15-17,20,22-23,25,30,33-34H,1,11-14,18-19H2,2-10H3,(H,47,56)(H,49,52)(H,54,55)(H,46,48,51). The van der Waals surface area contributed by atoms with E-state index >= 15 is 0 Å². The molecule has 1 saturated heterocycles. The van der Waals surface area contributed by atoms with E-state index in [0.29, 0.717) is 49.0 Å². The van der Waals surface area contributed by atoms with E-state index in [2.05, 4.69) is 43.4 Å². The Hall–Kier alpha value is -4.77. The zero-order valence-electron chi connectivity index (χ0n) is 35.6. The summed E-state index contributed by atoms with van der Waals surface area (Å²) < 4.78 is 18.8. The first kappa shape index (κ1) is 44.8. The van der Waals surface area contributed by atoms with Crippen LogP contribution in [0, 0.1) is 22.7 Å². The van der Waals surface area contributed by atoms with Gasteiger partial charge < -0.3 is 40.2 Å². The van der Waals surface area contributed by atoms with E-state index in [0.717, 1.165) is 25.7 Å². The molecule has 0 bridgehead atoms. The Labute approximate surface area is 362 Å². The minimum Gasteiger partial charge on any atom is -0.495 e. The SMILES string of the molecule is C=C(C)C1CC1(NC(=O)C1N(C(=O)C(NC(=O)OC2CCCC2)C(C)(C)C)CC(Oc2cc(-c3csc(NC(=O)C(C)C)n3)nc3c(Br)c(OC)ccc23)C1(C)C)C(=O)O. The number of anilines is 1. The maximum atomic E-state index is 15.0. The molecule has 4 amide bonds. The van der Waals surface area contributed by atoms with Crippen molar-refractivity contribution in [1.29, 1.82) is 0 Å². The molecular weight excluding hydrogens is 856 g/mol. The van der Waals surface area contributed by atoms with E-state index in [1.807, 2.05) is 20.8 Å². The van der Waals surface area contributed by atoms with Crippen LogP contribution in [0.1, 0.15) is 87.5 Å². The van der Waals surface area contributed by atoms with Crippen molar-refractivity contribution in [3.63, 3.8) is 0 Å². The normalized spacial score (nSPS) is 22.9. The largest absolute Gasteiger partial charge is 0.495 e. The summed E-state index contributed by atoms with van der Waals surface area (Å²) in [5.74, 6) is -2.45. The lowest BCUT2D eigenvalue weighted by Gasteiger charge is -2.38. The summed E-state index contributed by atoms with van der Waals surface area (Å²) in [5.41, 5.74) is -1.56. The highest BCUT2D eigenvalue weighted by Crippen LogP contribution is 2.50. The predicted octanol–water partition coefficient (Wildman–Crippen LogP) is 7.33. The van der Waals surface area contributed by atoms with Crippen molar-refractivity contribution in [1.82, 2.24) is 25.5 Å². The molecule has 1 aliphatic heterocycles. The number of carboxylic acid groups (broad SMARTS) is 1. The molecule has 0 radical (unpaired) electrons. The Morgan fingerprint density at radius 2 is 1.75 bits per heavy atom. The number of alkyl carbamates (subject to hydrolysis) is 1. The zero-order valence-corrected chi connectivity index (χ0v) is 38.0. The fourth-order valence-electron chi connectivity index (χ4n) is 8.13. The van der Waals surface area contributed by atoms with Gasteiger partial charge in [-0.15, -0.1) is 11.3 Å². The van der Waals surface area contributed by atoms with Gasteiger partial charge in [0.25, 0.3) is 0 Å². The minimum absolute atomic E-state index is 0.0988. The van der Waals surface area contributed by atoms with Gasteiger partial charge in [-0.2, -0.15) is 0 Å². The molecule has 15 nitrogen and oxygen atoms in total. The van der Waals surface area contributed by atoms with Crippen molar-refractivity contribution in [3.05, 3.63) is 40.2 Å². The van der Waals surface area contributed by atoms with Crippen molar-refractivity contribution in [3.8, 4) is 22.9 Å². The van der Waals surface area contributed by atoms with Crippen molar-refractivity contribution >= 4 is 73.1 Å². The molecule has 1 aromatic carbocycles. The lowest BCUT2D eigenvalue weighted by atomic mass is 9.81. The van der Waals surface area contributed by atoms with Crippen molar-refractivity contribution in [2.75, 3.05) is 19.0 Å². The summed E-state index contributed by atoms with van der Waals surface area (Å²) in [6, 6.07) is 2.92. The Balaban J connectivity index is 1.41. The third-order valence-corrected chi connectivity index (χ3v) is 13.4. The van der Waals surface area contributed by atoms with Gasteiger partial charge in [-0.25, -0.2) is 19.6 Å². The number of ether oxygens (including phenoxy) is 3. The monoisotopic (exact) mass is 910 g/mol. The first-order valence-corrected chi connectivity index (χ1v) is 21.8. The van der Waals surface area contributed by atoms with Gasteiger partial charge in [0.2, 0.25) is 17.7 Å². The van der Waals surface area contributed by atoms with Crippen LogP contribution < -0.4 is 25.4 Å². The van der Waals surface area contributed by atoms with Gasteiger partial charge in [-0.05, 0) is 72.5 Å². The van der Waals surface area contributed by atoms with E-state index < -0.39 is 64.4 Å². The number of hydrogen-bond acceptors (Lipinski definition) is 11. The molecule has 17 heteroatoms. The molecule has 4 N–H and O–H groups in total. The number of fused-ring (bicyclic) bond motifs is 1. The van der Waals surface area contributed by atoms with Crippen molar-refractivity contribution in [2.24, 2.45) is 22.7 Å². The Bertz CT molecular complexity index is 2210. The van der Waals surface area contributed by atoms with Crippen LogP contribution in [0.2, 0.25) is 0 Å². The van der Waals surface area contributed by atoms with Crippen molar-refractivity contribution < 1.29 is 43.3 Å². The molecule has 3 fully saturated rings. The Kier molecular flexibility index (Phi) is 12.6. The molecule has 3 aromatic rings. The van der Waals surface area contributed by atoms with Crippen molar-refractivity contribution in [2.45, 2.75) is 117 Å². The molecule has 6 rings (SSSR count). The number of amides is 4. The second-order valence-corrected chi connectivity index (χ2v) is 19.8. The summed E-state index contributed by atoms with van der Waals surface area (Å²) in [4.78, 5) is 79.1. The van der Waals surface area contributed by atoms with Gasteiger partial charge >= 0.3 is 12.1 Å². The highest BCUT2D eigenvalue weighted by molar-refractivity contribution is 9.10. The molecule has 3 heterocycles. The summed E-state index contributed by atoms with van der Waals surface area (Å²) in [7, 11) is 1.54. The van der Waals surface area contributed by atoms with Crippen LogP contribution in [0.3, 0.4) is 0 Å². The number of benzene rings is 1. The van der Waals surface area contributed by atoms with Crippen LogP contribution >= 0.6 is 27.3 Å². The summed E-state index contributed by atoms with van der Waals surface area (Å²) in [5, 5.41) is 21.6. The summed E-state index contributed by atoms with van der Waals surface area (Å²) >= 11 is 4.90. The number of aromatic nitrogens is 2. The highest BCUT2D eigenvalue weighted by Gasteiger charge is 2.64. The topological polar surface area (TPSA) is 198 Å². The second kappa shape index (κ2) is 16.9. The van der Waals surface area contributed by atoms with Crippen LogP contribution in [0.4, 0.5) is 9.93 Å². The van der Waals surface area contributed by atoms with Gasteiger partial charge in [-0.3, -0.25) is 14.4 Å². The predicted molar refractivity (Wildman–Crippen MR) is 231 cm³/mol. The fraction of sp³-hybridized carbons (Fsp3) is 0.558. The smallest absolute Gasteiger partial charge is 0.408 e. The number of likely N-dealkylation sites (tertiary alicyclic amines) is 1. The molecule has 5 unspecified atom stereocenters. The molecular formula is C43H55BrN6O9S. The molecule has 2 aromatic heterocycles. The number of halogens is 1. The molecule has 2 aliphatic carbocycles. The average Bonchev–Trinajstić information content (AvgIpc) is 3.43. The molecule has 3 aliphatic rings. The molecule has 2 saturated carbocycles. The summed E-state index contributed by atoms with van der Waals surface area (Å²) in [6.07, 6.45) is 1.72. The second-order valence-electron chi connectivity index (χ2n) is 18.1. The minimum atomic E-state index is -1.58. The number of carboxylic acids is 1. The maximum Gasteiger partial charge on any atom is 0.408 e. The van der Waals surface area contributed by atoms with Crippen LogP contribution in [0.25, 0.3) is 22.3 Å². The third-order valence-electron chi connectivity index (χ3n) is 11.8. The van der Waals surface area contributed by atoms with Gasteiger partial charge in [-0.1, -0.05) is 60.6 Å². The van der Waals surface area contributed by atoms with E-state index in [-0.39, 0.29) is 30.9 Å². The number of nitrogens with zero attached hydrogens (tertiary/aromatic N) is 3.